The predicted molar refractivity (Wildman–Crippen MR) is 137 cm³/mol. The highest BCUT2D eigenvalue weighted by Gasteiger charge is 2.85. The van der Waals surface area contributed by atoms with Crippen LogP contribution in [0.5, 0.6) is 0 Å². The molecule has 2 saturated carbocycles. The van der Waals surface area contributed by atoms with Crippen molar-refractivity contribution < 1.29 is 33.7 Å². The van der Waals surface area contributed by atoms with Gasteiger partial charge in [-0.2, -0.15) is 0 Å². The molecule has 0 radical (unpaired) electrons. The first kappa shape index (κ1) is 26.9. The van der Waals surface area contributed by atoms with E-state index in [1.165, 1.54) is 0 Å². The number of carbonyl (C=O) groups excluding carboxylic acids is 3. The second kappa shape index (κ2) is 9.81. The number of rotatable bonds is 8. The van der Waals surface area contributed by atoms with E-state index in [0.717, 1.165) is 5.56 Å². The fourth-order valence-electron chi connectivity index (χ4n) is 6.28. The lowest BCUT2D eigenvalue weighted by Gasteiger charge is -2.35. The molecule has 1 spiro atoms. The van der Waals surface area contributed by atoms with Crippen LogP contribution in [-0.4, -0.2) is 76.7 Å². The number of hydrogen-bond donors (Lipinski definition) is 3. The maximum absolute atomic E-state index is 13.8. The highest BCUT2D eigenvalue weighted by atomic mass is 16.7. The summed E-state index contributed by atoms with van der Waals surface area (Å²) in [7, 11) is 0. The Balaban J connectivity index is 1.25. The molecule has 10 heteroatoms. The first-order valence-electron chi connectivity index (χ1n) is 13.6. The molecule has 1 aromatic carbocycles. The molecule has 5 rings (SSSR count). The highest BCUT2D eigenvalue weighted by Crippen LogP contribution is 2.70. The zero-order chi connectivity index (χ0) is 27.3. The molecule has 3 N–H and O–H groups in total. The molecule has 3 amide bonds. The van der Waals surface area contributed by atoms with Gasteiger partial charge in [0.25, 0.3) is 0 Å². The van der Waals surface area contributed by atoms with Crippen LogP contribution in [0, 0.1) is 11.3 Å². The van der Waals surface area contributed by atoms with Crippen molar-refractivity contribution in [2.24, 2.45) is 11.3 Å². The van der Waals surface area contributed by atoms with E-state index in [9.17, 15) is 19.5 Å². The van der Waals surface area contributed by atoms with E-state index >= 15 is 0 Å². The summed E-state index contributed by atoms with van der Waals surface area (Å²) in [6.07, 6.45) is 0.690. The molecule has 2 saturated heterocycles. The van der Waals surface area contributed by atoms with Crippen LogP contribution in [0.15, 0.2) is 30.3 Å². The van der Waals surface area contributed by atoms with Gasteiger partial charge in [-0.15, -0.1) is 0 Å². The second-order valence-electron chi connectivity index (χ2n) is 12.0. The Bertz CT molecular complexity index is 1080. The minimum atomic E-state index is -0.932. The largest absolute Gasteiger partial charge is 0.445 e. The summed E-state index contributed by atoms with van der Waals surface area (Å²) in [6, 6.07) is 7.78. The molecular formula is C28H39N3O7. The molecule has 38 heavy (non-hydrogen) atoms. The molecule has 0 aromatic heterocycles. The number of aliphatic hydroxyl groups is 1. The normalized spacial score (nSPS) is 34.0. The van der Waals surface area contributed by atoms with Crippen LogP contribution in [0.25, 0.3) is 0 Å². The minimum absolute atomic E-state index is 0.0914. The molecule has 0 bridgehead atoms. The van der Waals surface area contributed by atoms with Crippen molar-refractivity contribution in [3.63, 3.8) is 0 Å². The number of carbonyl (C=O) groups is 3. The molecule has 1 aromatic rings. The Morgan fingerprint density at radius 1 is 1.21 bits per heavy atom. The van der Waals surface area contributed by atoms with Crippen molar-refractivity contribution >= 4 is 17.9 Å². The molecule has 10 nitrogen and oxygen atoms in total. The van der Waals surface area contributed by atoms with Gasteiger partial charge in [0, 0.05) is 25.5 Å². The average Bonchev–Trinajstić information content (AvgIpc) is 3.67. The fraction of sp³-hybridized carbons (Fsp3) is 0.679. The third kappa shape index (κ3) is 4.67. The number of nitrogens with one attached hydrogen (secondary N) is 2. The van der Waals surface area contributed by atoms with Gasteiger partial charge in [0.05, 0.1) is 11.6 Å². The van der Waals surface area contributed by atoms with Crippen LogP contribution in [0.4, 0.5) is 4.79 Å². The topological polar surface area (TPSA) is 126 Å². The summed E-state index contributed by atoms with van der Waals surface area (Å²) in [5.74, 6) is -0.740. The number of amides is 3. The Hall–Kier alpha value is -2.69. The maximum atomic E-state index is 13.8. The smallest absolute Gasteiger partial charge is 0.408 e. The third-order valence-electron chi connectivity index (χ3n) is 8.43. The standard InChI is InChI=1S/C28H39N3O7/c1-5-36-20-15-28(20)27(14-18(27)24(34)38-28)30-22(32)19-12-9-13-31(19)23(33)21(26(2,3)4)29-25(35)37-16-17-10-7-6-8-11-17/h6-8,10-11,18-21,24,34H,5,9,12-16H2,1-4H3,(H,29,35)(H,30,32)/t18?,19-,20?,21+,24?,27?,28?/m0/s1. The summed E-state index contributed by atoms with van der Waals surface area (Å²) in [4.78, 5) is 41.6. The summed E-state index contributed by atoms with van der Waals surface area (Å²) >= 11 is 0. The van der Waals surface area contributed by atoms with E-state index in [1.807, 2.05) is 58.0 Å². The summed E-state index contributed by atoms with van der Waals surface area (Å²) in [6.45, 7) is 8.56. The van der Waals surface area contributed by atoms with Gasteiger partial charge in [0.2, 0.25) is 11.8 Å². The predicted octanol–water partition coefficient (Wildman–Crippen LogP) is 2.09. The molecule has 4 fully saturated rings. The number of alkyl carbamates (subject to hydrolysis) is 1. The van der Waals surface area contributed by atoms with Crippen LogP contribution < -0.4 is 10.6 Å². The Kier molecular flexibility index (Phi) is 6.94. The molecular weight excluding hydrogens is 490 g/mol. The number of benzene rings is 1. The fourth-order valence-corrected chi connectivity index (χ4v) is 6.28. The van der Waals surface area contributed by atoms with Gasteiger partial charge in [0.1, 0.15) is 24.3 Å². The number of fused-ring (bicyclic) bond motifs is 2. The lowest BCUT2D eigenvalue weighted by molar-refractivity contribution is -0.147. The van der Waals surface area contributed by atoms with E-state index in [2.05, 4.69) is 10.6 Å². The molecule has 4 aliphatic rings. The second-order valence-corrected chi connectivity index (χ2v) is 12.0. The first-order valence-corrected chi connectivity index (χ1v) is 13.6. The molecule has 2 aliphatic heterocycles. The van der Waals surface area contributed by atoms with E-state index in [0.29, 0.717) is 38.8 Å². The van der Waals surface area contributed by atoms with Crippen molar-refractivity contribution in [3.8, 4) is 0 Å². The molecule has 208 valence electrons. The first-order chi connectivity index (χ1) is 18.0. The van der Waals surface area contributed by atoms with Gasteiger partial charge in [0.15, 0.2) is 6.29 Å². The van der Waals surface area contributed by atoms with Gasteiger partial charge >= 0.3 is 6.09 Å². The zero-order valence-corrected chi connectivity index (χ0v) is 22.6. The van der Waals surface area contributed by atoms with E-state index in [-0.39, 0.29) is 30.4 Å². The van der Waals surface area contributed by atoms with E-state index < -0.39 is 41.0 Å². The summed E-state index contributed by atoms with van der Waals surface area (Å²) in [5, 5.41) is 16.3. The van der Waals surface area contributed by atoms with Crippen molar-refractivity contribution in [2.75, 3.05) is 13.2 Å². The zero-order valence-electron chi connectivity index (χ0n) is 22.6. The molecule has 5 unspecified atom stereocenters. The van der Waals surface area contributed by atoms with Gasteiger partial charge in [-0.1, -0.05) is 51.1 Å². The third-order valence-corrected chi connectivity index (χ3v) is 8.43. The van der Waals surface area contributed by atoms with Crippen LogP contribution >= 0.6 is 0 Å². The van der Waals surface area contributed by atoms with E-state index in [4.69, 9.17) is 14.2 Å². The van der Waals surface area contributed by atoms with Crippen LogP contribution in [0.3, 0.4) is 0 Å². The van der Waals surface area contributed by atoms with Crippen molar-refractivity contribution in [1.82, 2.24) is 15.5 Å². The maximum Gasteiger partial charge on any atom is 0.408 e. The SMILES string of the molecule is CCOC1CC12OC(O)C1CC12NC(=O)[C@@H]1CCCN1C(=O)[C@@H](NC(=O)OCc1ccccc1)C(C)(C)C. The van der Waals surface area contributed by atoms with Crippen molar-refractivity contribution in [3.05, 3.63) is 35.9 Å². The van der Waals surface area contributed by atoms with Crippen molar-refractivity contribution in [2.45, 2.75) is 95.6 Å². The molecule has 7 atom stereocenters. The van der Waals surface area contributed by atoms with Gasteiger partial charge < -0.3 is 34.9 Å². The monoisotopic (exact) mass is 529 g/mol. The average molecular weight is 530 g/mol. The Morgan fingerprint density at radius 2 is 1.95 bits per heavy atom. The quantitative estimate of drug-likeness (QED) is 0.471. The lowest BCUT2D eigenvalue weighted by atomic mass is 9.85. The number of nitrogens with zero attached hydrogens (tertiary/aromatic N) is 1. The van der Waals surface area contributed by atoms with Gasteiger partial charge in [-0.25, -0.2) is 4.79 Å². The number of likely N-dealkylation sites (tertiary alicyclic amines) is 1. The van der Waals surface area contributed by atoms with Crippen LogP contribution in [0.1, 0.15) is 58.9 Å². The minimum Gasteiger partial charge on any atom is -0.445 e. The Labute approximate surface area is 223 Å². The Morgan fingerprint density at radius 3 is 2.61 bits per heavy atom. The van der Waals surface area contributed by atoms with E-state index in [1.54, 1.807) is 4.90 Å². The summed E-state index contributed by atoms with van der Waals surface area (Å²) < 4.78 is 17.0. The highest BCUT2D eigenvalue weighted by molar-refractivity contribution is 5.93. The molecule has 2 heterocycles. The van der Waals surface area contributed by atoms with Gasteiger partial charge in [-0.3, -0.25) is 9.59 Å². The number of ether oxygens (including phenoxy) is 3. The van der Waals surface area contributed by atoms with Crippen LogP contribution in [0.2, 0.25) is 0 Å². The van der Waals surface area contributed by atoms with Crippen molar-refractivity contribution in [1.29, 1.82) is 0 Å². The summed E-state index contributed by atoms with van der Waals surface area (Å²) in [5.41, 5.74) is -1.13. The lowest BCUT2D eigenvalue weighted by Crippen LogP contribution is -2.59. The van der Waals surface area contributed by atoms with Gasteiger partial charge in [-0.05, 0) is 37.2 Å². The molecule has 2 aliphatic carbocycles. The van der Waals surface area contributed by atoms with Crippen LogP contribution in [-0.2, 0) is 30.4 Å². The number of hydrogen-bond acceptors (Lipinski definition) is 7. The number of aliphatic hydroxyl groups excluding tert-OH is 1.